The number of hydrogen-bond donors (Lipinski definition) is 1. The average molecular weight is 178 g/mol. The lowest BCUT2D eigenvalue weighted by molar-refractivity contribution is 0.371. The summed E-state index contributed by atoms with van der Waals surface area (Å²) < 4.78 is 5.01. The number of aromatic nitrogens is 1. The zero-order valence-electron chi connectivity index (χ0n) is 8.22. The first-order valence-corrected chi connectivity index (χ1v) is 4.06. The van der Waals surface area contributed by atoms with Crippen LogP contribution in [0, 0.1) is 6.92 Å². The molecular weight excluding hydrogens is 164 g/mol. The zero-order valence-corrected chi connectivity index (χ0v) is 8.22. The molecule has 1 aromatic heterocycles. The van der Waals surface area contributed by atoms with Crippen LogP contribution in [0.25, 0.3) is 5.76 Å². The summed E-state index contributed by atoms with van der Waals surface area (Å²) in [6.45, 7) is 5.71. The van der Waals surface area contributed by atoms with E-state index in [-0.39, 0.29) is 0 Å². The van der Waals surface area contributed by atoms with Crippen molar-refractivity contribution < 1.29 is 4.74 Å². The van der Waals surface area contributed by atoms with E-state index in [9.17, 15) is 0 Å². The number of anilines is 1. The maximum Gasteiger partial charge on any atom is 0.120 e. The van der Waals surface area contributed by atoms with Gasteiger partial charge in [0.05, 0.1) is 18.5 Å². The smallest absolute Gasteiger partial charge is 0.120 e. The van der Waals surface area contributed by atoms with E-state index >= 15 is 0 Å². The second kappa shape index (κ2) is 3.94. The van der Waals surface area contributed by atoms with E-state index in [4.69, 9.17) is 4.74 Å². The zero-order chi connectivity index (χ0) is 9.84. The molecule has 13 heavy (non-hydrogen) atoms. The molecule has 0 fully saturated rings. The van der Waals surface area contributed by atoms with Crippen LogP contribution >= 0.6 is 0 Å². The molecule has 0 aliphatic carbocycles. The Hall–Kier alpha value is -1.51. The topological polar surface area (TPSA) is 34.1 Å². The molecule has 3 heteroatoms. The van der Waals surface area contributed by atoms with Gasteiger partial charge in [-0.25, -0.2) is 0 Å². The van der Waals surface area contributed by atoms with Gasteiger partial charge in [-0.05, 0) is 13.0 Å². The van der Waals surface area contributed by atoms with Gasteiger partial charge in [-0.3, -0.25) is 4.98 Å². The first-order valence-electron chi connectivity index (χ1n) is 4.06. The number of pyridine rings is 1. The highest BCUT2D eigenvalue weighted by molar-refractivity contribution is 5.62. The summed E-state index contributed by atoms with van der Waals surface area (Å²) in [5.41, 5.74) is 2.86. The number of ether oxygens (including phenoxy) is 1. The third-order valence-electron chi connectivity index (χ3n) is 1.92. The van der Waals surface area contributed by atoms with Crippen LogP contribution in [-0.2, 0) is 4.74 Å². The van der Waals surface area contributed by atoms with E-state index < -0.39 is 0 Å². The maximum absolute atomic E-state index is 5.01. The van der Waals surface area contributed by atoms with Gasteiger partial charge in [-0.15, -0.1) is 0 Å². The number of aryl methyl sites for hydroxylation is 1. The third kappa shape index (κ3) is 1.99. The average Bonchev–Trinajstić information content (AvgIpc) is 2.17. The monoisotopic (exact) mass is 178 g/mol. The van der Waals surface area contributed by atoms with Crippen molar-refractivity contribution in [3.8, 4) is 0 Å². The van der Waals surface area contributed by atoms with E-state index in [1.165, 1.54) is 0 Å². The van der Waals surface area contributed by atoms with E-state index in [1.807, 2.05) is 20.0 Å². The van der Waals surface area contributed by atoms with Gasteiger partial charge in [0.15, 0.2) is 0 Å². The third-order valence-corrected chi connectivity index (χ3v) is 1.92. The molecule has 70 valence electrons. The van der Waals surface area contributed by atoms with Crippen molar-refractivity contribution in [2.45, 2.75) is 6.92 Å². The van der Waals surface area contributed by atoms with Gasteiger partial charge >= 0.3 is 0 Å². The molecule has 1 rings (SSSR count). The Morgan fingerprint density at radius 3 is 2.85 bits per heavy atom. The summed E-state index contributed by atoms with van der Waals surface area (Å²) in [5.74, 6) is 0.629. The molecule has 0 bridgehead atoms. The molecule has 3 nitrogen and oxygen atoms in total. The fourth-order valence-corrected chi connectivity index (χ4v) is 1.06. The SMILES string of the molecule is C=C(OC)c1cnc(C)c(NC)c1. The van der Waals surface area contributed by atoms with Crippen molar-refractivity contribution >= 4 is 11.4 Å². The van der Waals surface area contributed by atoms with Crippen molar-refractivity contribution in [3.05, 3.63) is 30.1 Å². The molecule has 0 atom stereocenters. The number of nitrogens with zero attached hydrogens (tertiary/aromatic N) is 1. The highest BCUT2D eigenvalue weighted by Crippen LogP contribution is 2.18. The van der Waals surface area contributed by atoms with E-state index in [0.717, 1.165) is 16.9 Å². The first kappa shape index (κ1) is 9.58. The van der Waals surface area contributed by atoms with Crippen molar-refractivity contribution in [2.75, 3.05) is 19.5 Å². The van der Waals surface area contributed by atoms with Crippen LogP contribution in [0.4, 0.5) is 5.69 Å². The van der Waals surface area contributed by atoms with Crippen LogP contribution in [0.2, 0.25) is 0 Å². The molecule has 0 unspecified atom stereocenters. The molecular formula is C10H14N2O. The normalized spacial score (nSPS) is 9.46. The van der Waals surface area contributed by atoms with Gasteiger partial charge < -0.3 is 10.1 Å². The van der Waals surface area contributed by atoms with Gasteiger partial charge in [0.25, 0.3) is 0 Å². The summed E-state index contributed by atoms with van der Waals surface area (Å²) in [4.78, 5) is 4.22. The molecule has 0 spiro atoms. The fourth-order valence-electron chi connectivity index (χ4n) is 1.06. The number of methoxy groups -OCH3 is 1. The minimum absolute atomic E-state index is 0.629. The maximum atomic E-state index is 5.01. The Balaban J connectivity index is 3.06. The molecule has 0 saturated heterocycles. The van der Waals surface area contributed by atoms with E-state index in [1.54, 1.807) is 13.3 Å². The van der Waals surface area contributed by atoms with Gasteiger partial charge in [0.2, 0.25) is 0 Å². The molecule has 0 aliphatic rings. The Labute approximate surface area is 78.4 Å². The number of hydrogen-bond acceptors (Lipinski definition) is 3. The number of rotatable bonds is 3. The van der Waals surface area contributed by atoms with Crippen molar-refractivity contribution in [2.24, 2.45) is 0 Å². The van der Waals surface area contributed by atoms with Crippen LogP contribution in [0.5, 0.6) is 0 Å². The van der Waals surface area contributed by atoms with E-state index in [0.29, 0.717) is 5.76 Å². The predicted octanol–water partition coefficient (Wildman–Crippen LogP) is 2.05. The van der Waals surface area contributed by atoms with Crippen LogP contribution in [-0.4, -0.2) is 19.1 Å². The standard InChI is InChI=1S/C10H14N2O/c1-7-10(11-3)5-9(6-12-7)8(2)13-4/h5-6,11H,2H2,1,3-4H3. The molecule has 0 radical (unpaired) electrons. The molecule has 0 aliphatic heterocycles. The second-order valence-corrected chi connectivity index (χ2v) is 2.73. The Kier molecular flexibility index (Phi) is 2.90. The summed E-state index contributed by atoms with van der Waals surface area (Å²) in [6, 6.07) is 1.97. The molecule has 1 heterocycles. The van der Waals surface area contributed by atoms with Crippen molar-refractivity contribution in [1.29, 1.82) is 0 Å². The van der Waals surface area contributed by atoms with Gasteiger partial charge in [-0.2, -0.15) is 0 Å². The summed E-state index contributed by atoms with van der Waals surface area (Å²) >= 11 is 0. The van der Waals surface area contributed by atoms with Gasteiger partial charge in [0, 0.05) is 18.8 Å². The lowest BCUT2D eigenvalue weighted by Crippen LogP contribution is -1.96. The Morgan fingerprint density at radius 1 is 1.62 bits per heavy atom. The first-order chi connectivity index (χ1) is 6.19. The minimum Gasteiger partial charge on any atom is -0.497 e. The Morgan fingerprint density at radius 2 is 2.31 bits per heavy atom. The van der Waals surface area contributed by atoms with Crippen LogP contribution in [0.15, 0.2) is 18.8 Å². The largest absolute Gasteiger partial charge is 0.497 e. The number of nitrogens with one attached hydrogen (secondary N) is 1. The molecule has 1 aromatic rings. The van der Waals surface area contributed by atoms with E-state index in [2.05, 4.69) is 16.9 Å². The molecule has 0 saturated carbocycles. The Bertz CT molecular complexity index is 321. The highest BCUT2D eigenvalue weighted by Gasteiger charge is 2.02. The van der Waals surface area contributed by atoms with Crippen LogP contribution < -0.4 is 5.32 Å². The summed E-state index contributed by atoms with van der Waals surface area (Å²) in [5, 5.41) is 3.06. The quantitative estimate of drug-likeness (QED) is 0.719. The molecule has 1 N–H and O–H groups in total. The molecule has 0 aromatic carbocycles. The van der Waals surface area contributed by atoms with Crippen molar-refractivity contribution in [3.63, 3.8) is 0 Å². The second-order valence-electron chi connectivity index (χ2n) is 2.73. The lowest BCUT2D eigenvalue weighted by Gasteiger charge is -2.08. The van der Waals surface area contributed by atoms with Gasteiger partial charge in [-0.1, -0.05) is 6.58 Å². The summed E-state index contributed by atoms with van der Waals surface area (Å²) in [7, 11) is 3.46. The molecule has 0 amide bonds. The summed E-state index contributed by atoms with van der Waals surface area (Å²) in [6.07, 6.45) is 1.75. The van der Waals surface area contributed by atoms with Crippen LogP contribution in [0.3, 0.4) is 0 Å². The van der Waals surface area contributed by atoms with Gasteiger partial charge in [0.1, 0.15) is 5.76 Å². The highest BCUT2D eigenvalue weighted by atomic mass is 16.5. The van der Waals surface area contributed by atoms with Crippen molar-refractivity contribution in [1.82, 2.24) is 4.98 Å². The van der Waals surface area contributed by atoms with Crippen LogP contribution in [0.1, 0.15) is 11.3 Å². The predicted molar refractivity (Wildman–Crippen MR) is 54.6 cm³/mol. The fraction of sp³-hybridized carbons (Fsp3) is 0.300. The lowest BCUT2D eigenvalue weighted by atomic mass is 10.2. The minimum atomic E-state index is 0.629.